The number of hydrogen-bond donors (Lipinski definition) is 2. The number of piperazine rings is 1. The van der Waals surface area contributed by atoms with Crippen molar-refractivity contribution in [2.24, 2.45) is 7.05 Å². The third-order valence-electron chi connectivity index (χ3n) is 4.57. The van der Waals surface area contributed by atoms with Crippen LogP contribution in [0, 0.1) is 6.92 Å². The quantitative estimate of drug-likeness (QED) is 0.612. The second-order valence-electron chi connectivity index (χ2n) is 6.56. The third kappa shape index (κ3) is 5.44. The average molecular weight is 347 g/mol. The lowest BCUT2D eigenvalue weighted by molar-refractivity contribution is -0.109. The van der Waals surface area contributed by atoms with Crippen molar-refractivity contribution in [2.45, 2.75) is 13.3 Å². The first-order valence-electron chi connectivity index (χ1n) is 8.74. The molecule has 1 aliphatic rings. The van der Waals surface area contributed by atoms with Crippen molar-refractivity contribution in [1.29, 1.82) is 0 Å². The summed E-state index contributed by atoms with van der Waals surface area (Å²) in [6, 6.07) is 1.92. The highest BCUT2D eigenvalue weighted by Crippen LogP contribution is 2.11. The topological polar surface area (TPSA) is 73.4 Å². The molecule has 7 heteroatoms. The van der Waals surface area contributed by atoms with E-state index in [0.29, 0.717) is 5.52 Å². The summed E-state index contributed by atoms with van der Waals surface area (Å²) in [5.74, 6) is 0. The summed E-state index contributed by atoms with van der Waals surface area (Å²) in [5, 5.41) is 3.69. The Morgan fingerprint density at radius 3 is 2.64 bits per heavy atom. The van der Waals surface area contributed by atoms with E-state index in [0.717, 1.165) is 50.0 Å². The Kier molecular flexibility index (Phi) is 7.21. The number of hydrogen-bond acceptors (Lipinski definition) is 4. The molecule has 25 heavy (non-hydrogen) atoms. The number of fused-ring (bicyclic) bond motifs is 1. The molecule has 2 aromatic heterocycles. The van der Waals surface area contributed by atoms with Gasteiger partial charge in [-0.2, -0.15) is 0 Å². The summed E-state index contributed by atoms with van der Waals surface area (Å²) in [6.45, 7) is 8.57. The maximum atomic E-state index is 11.5. The van der Waals surface area contributed by atoms with Crippen molar-refractivity contribution in [1.82, 2.24) is 24.7 Å². The molecule has 1 aliphatic heterocycles. The van der Waals surface area contributed by atoms with Gasteiger partial charge >= 0.3 is 0 Å². The summed E-state index contributed by atoms with van der Waals surface area (Å²) in [7, 11) is 3.92. The van der Waals surface area contributed by atoms with E-state index in [1.54, 1.807) is 17.8 Å². The minimum absolute atomic E-state index is 0.0283. The van der Waals surface area contributed by atoms with Crippen LogP contribution in [0.1, 0.15) is 12.0 Å². The van der Waals surface area contributed by atoms with Crippen LogP contribution in [0.25, 0.3) is 10.9 Å². The predicted molar refractivity (Wildman–Crippen MR) is 101 cm³/mol. The molecule has 0 atom stereocenters. The molecule has 138 valence electrons. The number of aryl methyl sites for hydroxylation is 2. The fourth-order valence-corrected chi connectivity index (χ4v) is 3.01. The predicted octanol–water partition coefficient (Wildman–Crippen LogP) is 0.545. The first-order valence-corrected chi connectivity index (χ1v) is 8.74. The minimum atomic E-state index is 0.0283. The van der Waals surface area contributed by atoms with Crippen LogP contribution in [0.3, 0.4) is 0 Å². The monoisotopic (exact) mass is 347 g/mol. The molecule has 0 radical (unpaired) electrons. The Hall–Kier alpha value is -2.12. The minimum Gasteiger partial charge on any atom is -0.359 e. The number of pyridine rings is 1. The zero-order valence-corrected chi connectivity index (χ0v) is 15.4. The zero-order valence-electron chi connectivity index (χ0n) is 15.4. The Bertz CT molecular complexity index is 729. The summed E-state index contributed by atoms with van der Waals surface area (Å²) in [5.41, 5.74) is 1.84. The SMILES string of the molecule is CN1CCN(CCCNC=O)CC1.Cc1cn(C)c(=O)c2[nH]ccc12. The second kappa shape index (κ2) is 9.39. The highest BCUT2D eigenvalue weighted by Gasteiger charge is 2.12. The number of amides is 1. The summed E-state index contributed by atoms with van der Waals surface area (Å²) in [6.07, 6.45) is 5.46. The highest BCUT2D eigenvalue weighted by molar-refractivity contribution is 5.81. The van der Waals surface area contributed by atoms with Gasteiger partial charge in [0, 0.05) is 57.6 Å². The Balaban J connectivity index is 0.000000181. The number of aromatic amines is 1. The zero-order chi connectivity index (χ0) is 18.2. The summed E-state index contributed by atoms with van der Waals surface area (Å²) in [4.78, 5) is 29.2. The number of nitrogens with one attached hydrogen (secondary N) is 2. The maximum absolute atomic E-state index is 11.5. The molecule has 0 unspecified atom stereocenters. The van der Waals surface area contributed by atoms with Crippen LogP contribution in [0.4, 0.5) is 0 Å². The van der Waals surface area contributed by atoms with Gasteiger partial charge in [0.1, 0.15) is 5.52 Å². The summed E-state index contributed by atoms with van der Waals surface area (Å²) >= 11 is 0. The van der Waals surface area contributed by atoms with E-state index in [4.69, 9.17) is 0 Å². The van der Waals surface area contributed by atoms with Crippen LogP contribution in [-0.2, 0) is 11.8 Å². The number of carbonyl (C=O) groups is 1. The van der Waals surface area contributed by atoms with Crippen LogP contribution in [0.15, 0.2) is 23.3 Å². The van der Waals surface area contributed by atoms with Crippen molar-refractivity contribution in [3.05, 3.63) is 34.4 Å². The van der Waals surface area contributed by atoms with Crippen LogP contribution >= 0.6 is 0 Å². The maximum Gasteiger partial charge on any atom is 0.274 e. The number of carbonyl (C=O) groups excluding carboxylic acids is 1. The molecule has 0 aromatic carbocycles. The molecule has 0 bridgehead atoms. The van der Waals surface area contributed by atoms with Gasteiger partial charge in [-0.3, -0.25) is 9.59 Å². The van der Waals surface area contributed by atoms with Gasteiger partial charge in [-0.05, 0) is 38.6 Å². The van der Waals surface area contributed by atoms with Gasteiger partial charge in [0.15, 0.2) is 0 Å². The van der Waals surface area contributed by atoms with Gasteiger partial charge in [-0.25, -0.2) is 0 Å². The second-order valence-corrected chi connectivity index (χ2v) is 6.56. The first kappa shape index (κ1) is 19.2. The first-order chi connectivity index (χ1) is 12.0. The molecule has 7 nitrogen and oxygen atoms in total. The van der Waals surface area contributed by atoms with Gasteiger partial charge in [0.05, 0.1) is 0 Å². The number of H-pyrrole nitrogens is 1. The molecule has 0 aliphatic carbocycles. The van der Waals surface area contributed by atoms with Crippen LogP contribution in [0.2, 0.25) is 0 Å². The lowest BCUT2D eigenvalue weighted by Gasteiger charge is -2.32. The average Bonchev–Trinajstić information content (AvgIpc) is 3.09. The molecular weight excluding hydrogens is 318 g/mol. The van der Waals surface area contributed by atoms with E-state index in [1.165, 1.54) is 13.1 Å². The number of likely N-dealkylation sites (N-methyl/N-ethyl adjacent to an activating group) is 1. The molecule has 2 N–H and O–H groups in total. The lowest BCUT2D eigenvalue weighted by atomic mass is 10.2. The van der Waals surface area contributed by atoms with E-state index in [9.17, 15) is 9.59 Å². The van der Waals surface area contributed by atoms with Crippen LogP contribution < -0.4 is 10.9 Å². The molecule has 2 aromatic rings. The molecule has 3 rings (SSSR count). The third-order valence-corrected chi connectivity index (χ3v) is 4.57. The fraction of sp³-hybridized carbons (Fsp3) is 0.556. The molecule has 3 heterocycles. The van der Waals surface area contributed by atoms with Gasteiger partial charge in [0.25, 0.3) is 5.56 Å². The molecule has 0 saturated carbocycles. The fourth-order valence-electron chi connectivity index (χ4n) is 3.01. The number of aromatic nitrogens is 2. The standard InChI is InChI=1S/C9H19N3O.C9H10N2O/c1-11-5-7-12(8-6-11)4-2-3-10-9-13;1-6-5-11(2)9(12)8-7(6)3-4-10-8/h9H,2-8H2,1H3,(H,10,13);3-5,10H,1-2H3. The molecule has 1 saturated heterocycles. The molecule has 1 amide bonds. The van der Waals surface area contributed by atoms with Crippen LogP contribution in [-0.4, -0.2) is 72.1 Å². The van der Waals surface area contributed by atoms with Gasteiger partial charge in [0.2, 0.25) is 6.41 Å². The van der Waals surface area contributed by atoms with Crippen LogP contribution in [0.5, 0.6) is 0 Å². The molecular formula is C18H29N5O2. The Morgan fingerprint density at radius 2 is 1.96 bits per heavy atom. The van der Waals surface area contributed by atoms with E-state index in [2.05, 4.69) is 27.1 Å². The Labute approximate surface area is 148 Å². The van der Waals surface area contributed by atoms with Gasteiger partial charge in [-0.15, -0.1) is 0 Å². The van der Waals surface area contributed by atoms with E-state index < -0.39 is 0 Å². The van der Waals surface area contributed by atoms with Gasteiger partial charge in [-0.1, -0.05) is 0 Å². The van der Waals surface area contributed by atoms with Crippen molar-refractivity contribution in [3.8, 4) is 0 Å². The normalized spacial score (nSPS) is 15.6. The number of rotatable bonds is 5. The van der Waals surface area contributed by atoms with Gasteiger partial charge < -0.3 is 24.7 Å². The van der Waals surface area contributed by atoms with Crippen molar-refractivity contribution < 1.29 is 4.79 Å². The van der Waals surface area contributed by atoms with Crippen molar-refractivity contribution >= 4 is 17.3 Å². The van der Waals surface area contributed by atoms with E-state index in [-0.39, 0.29) is 5.56 Å². The van der Waals surface area contributed by atoms with Crippen molar-refractivity contribution in [3.63, 3.8) is 0 Å². The number of nitrogens with zero attached hydrogens (tertiary/aromatic N) is 3. The summed E-state index contributed by atoms with van der Waals surface area (Å²) < 4.78 is 1.59. The smallest absolute Gasteiger partial charge is 0.274 e. The highest BCUT2D eigenvalue weighted by atomic mass is 16.1. The lowest BCUT2D eigenvalue weighted by Crippen LogP contribution is -2.45. The van der Waals surface area contributed by atoms with E-state index in [1.807, 2.05) is 19.2 Å². The van der Waals surface area contributed by atoms with E-state index >= 15 is 0 Å². The molecule has 0 spiro atoms. The Morgan fingerprint density at radius 1 is 1.24 bits per heavy atom. The molecule has 1 fully saturated rings. The largest absolute Gasteiger partial charge is 0.359 e. The van der Waals surface area contributed by atoms with Crippen molar-refractivity contribution in [2.75, 3.05) is 46.3 Å².